The summed E-state index contributed by atoms with van der Waals surface area (Å²) in [6.07, 6.45) is 0. The maximum Gasteiger partial charge on any atom is 0.338 e. The van der Waals surface area contributed by atoms with Crippen LogP contribution in [0, 0.1) is 18.6 Å². The fourth-order valence-corrected chi connectivity index (χ4v) is 1.89. The van der Waals surface area contributed by atoms with Crippen LogP contribution in [0.15, 0.2) is 36.4 Å². The number of nitrogens with one attached hydrogen (secondary N) is 1. The normalized spacial score (nSPS) is 10.3. The summed E-state index contributed by atoms with van der Waals surface area (Å²) >= 11 is 5.59. The average Bonchev–Trinajstić information content (AvgIpc) is 2.51. The Hall–Kier alpha value is -2.47. The molecule has 0 aliphatic heterocycles. The van der Waals surface area contributed by atoms with E-state index in [0.717, 1.165) is 12.1 Å². The largest absolute Gasteiger partial charge is 0.452 e. The van der Waals surface area contributed by atoms with Crippen LogP contribution in [0.5, 0.6) is 0 Å². The van der Waals surface area contributed by atoms with Crippen molar-refractivity contribution in [2.24, 2.45) is 0 Å². The Balaban J connectivity index is 1.91. The summed E-state index contributed by atoms with van der Waals surface area (Å²) in [5.74, 6) is -2.60. The SMILES string of the molecule is Cc1ccc(C(=O)OCC(=O)Nc2ccc(F)c(Cl)c2)cc1F. The molecule has 7 heteroatoms. The second-order valence-electron chi connectivity index (χ2n) is 4.72. The number of aryl methyl sites for hydroxylation is 1. The van der Waals surface area contributed by atoms with E-state index in [4.69, 9.17) is 16.3 Å². The van der Waals surface area contributed by atoms with E-state index in [1.165, 1.54) is 24.3 Å². The molecule has 0 heterocycles. The van der Waals surface area contributed by atoms with Crippen LogP contribution in [-0.4, -0.2) is 18.5 Å². The van der Waals surface area contributed by atoms with Gasteiger partial charge in [-0.15, -0.1) is 0 Å². The number of carbonyl (C=O) groups excluding carboxylic acids is 2. The first-order chi connectivity index (χ1) is 10.9. The molecular formula is C16H12ClF2NO3. The molecule has 0 aromatic heterocycles. The Morgan fingerprint density at radius 2 is 1.87 bits per heavy atom. The summed E-state index contributed by atoms with van der Waals surface area (Å²) < 4.78 is 31.1. The van der Waals surface area contributed by atoms with Crippen molar-refractivity contribution in [1.82, 2.24) is 0 Å². The van der Waals surface area contributed by atoms with Gasteiger partial charge in [-0.3, -0.25) is 4.79 Å². The second-order valence-corrected chi connectivity index (χ2v) is 5.12. The summed E-state index contributed by atoms with van der Waals surface area (Å²) in [4.78, 5) is 23.4. The van der Waals surface area contributed by atoms with E-state index in [-0.39, 0.29) is 16.3 Å². The van der Waals surface area contributed by atoms with Crippen molar-refractivity contribution in [3.63, 3.8) is 0 Å². The van der Waals surface area contributed by atoms with Crippen LogP contribution in [0.25, 0.3) is 0 Å². The lowest BCUT2D eigenvalue weighted by molar-refractivity contribution is -0.119. The molecule has 0 atom stereocenters. The molecule has 2 rings (SSSR count). The molecule has 4 nitrogen and oxygen atoms in total. The van der Waals surface area contributed by atoms with Crippen molar-refractivity contribution in [3.8, 4) is 0 Å². The molecule has 0 saturated heterocycles. The van der Waals surface area contributed by atoms with E-state index in [0.29, 0.717) is 5.56 Å². The lowest BCUT2D eigenvalue weighted by Gasteiger charge is -2.07. The quantitative estimate of drug-likeness (QED) is 0.864. The Labute approximate surface area is 136 Å². The van der Waals surface area contributed by atoms with E-state index < -0.39 is 30.1 Å². The molecule has 0 saturated carbocycles. The van der Waals surface area contributed by atoms with E-state index in [9.17, 15) is 18.4 Å². The van der Waals surface area contributed by atoms with E-state index >= 15 is 0 Å². The molecule has 1 N–H and O–H groups in total. The number of halogens is 3. The summed E-state index contributed by atoms with van der Waals surface area (Å²) in [7, 11) is 0. The lowest BCUT2D eigenvalue weighted by Crippen LogP contribution is -2.21. The molecule has 0 fully saturated rings. The Bertz CT molecular complexity index is 765. The van der Waals surface area contributed by atoms with Crippen LogP contribution in [0.3, 0.4) is 0 Å². The number of benzene rings is 2. The van der Waals surface area contributed by atoms with Gasteiger partial charge >= 0.3 is 5.97 Å². The number of ether oxygens (including phenoxy) is 1. The van der Waals surface area contributed by atoms with Crippen LogP contribution in [0.4, 0.5) is 14.5 Å². The minimum absolute atomic E-state index is 0.00530. The van der Waals surface area contributed by atoms with Gasteiger partial charge in [-0.1, -0.05) is 17.7 Å². The number of amides is 1. The van der Waals surface area contributed by atoms with E-state index in [1.54, 1.807) is 6.92 Å². The van der Waals surface area contributed by atoms with Gasteiger partial charge in [0.25, 0.3) is 5.91 Å². The number of anilines is 1. The van der Waals surface area contributed by atoms with Gasteiger partial charge in [-0.05, 0) is 42.8 Å². The smallest absolute Gasteiger partial charge is 0.338 e. The summed E-state index contributed by atoms with van der Waals surface area (Å²) in [6, 6.07) is 7.52. The summed E-state index contributed by atoms with van der Waals surface area (Å²) in [5.41, 5.74) is 0.664. The maximum atomic E-state index is 13.4. The van der Waals surface area contributed by atoms with Gasteiger partial charge in [0.15, 0.2) is 6.61 Å². The van der Waals surface area contributed by atoms with Crippen molar-refractivity contribution in [2.45, 2.75) is 6.92 Å². The van der Waals surface area contributed by atoms with Crippen LogP contribution in [0.2, 0.25) is 5.02 Å². The predicted octanol–water partition coefficient (Wildman–Crippen LogP) is 3.72. The zero-order valence-corrected chi connectivity index (χ0v) is 12.8. The van der Waals surface area contributed by atoms with Crippen LogP contribution in [-0.2, 0) is 9.53 Å². The van der Waals surface area contributed by atoms with Crippen molar-refractivity contribution < 1.29 is 23.1 Å². The van der Waals surface area contributed by atoms with Gasteiger partial charge < -0.3 is 10.1 Å². The molecule has 0 spiro atoms. The number of esters is 1. The number of hydrogen-bond donors (Lipinski definition) is 1. The molecule has 2 aromatic rings. The highest BCUT2D eigenvalue weighted by molar-refractivity contribution is 6.31. The van der Waals surface area contributed by atoms with Crippen molar-refractivity contribution in [2.75, 3.05) is 11.9 Å². The number of rotatable bonds is 4. The van der Waals surface area contributed by atoms with Crippen LogP contribution in [0.1, 0.15) is 15.9 Å². The first-order valence-corrected chi connectivity index (χ1v) is 6.93. The lowest BCUT2D eigenvalue weighted by atomic mass is 10.1. The standard InChI is InChI=1S/C16H12ClF2NO3/c1-9-2-3-10(6-14(9)19)16(22)23-8-15(21)20-11-4-5-13(18)12(17)7-11/h2-7H,8H2,1H3,(H,20,21). The molecule has 0 unspecified atom stereocenters. The topological polar surface area (TPSA) is 55.4 Å². The van der Waals surface area contributed by atoms with Crippen molar-refractivity contribution in [3.05, 3.63) is 64.2 Å². The maximum absolute atomic E-state index is 13.4. The van der Waals surface area contributed by atoms with Crippen molar-refractivity contribution in [1.29, 1.82) is 0 Å². The molecule has 0 bridgehead atoms. The van der Waals surface area contributed by atoms with Gasteiger partial charge in [-0.25, -0.2) is 13.6 Å². The molecule has 0 aliphatic rings. The molecule has 2 aromatic carbocycles. The Kier molecular flexibility index (Phi) is 5.28. The van der Waals surface area contributed by atoms with Gasteiger partial charge in [0, 0.05) is 5.69 Å². The molecule has 1 amide bonds. The summed E-state index contributed by atoms with van der Waals surface area (Å²) in [6.45, 7) is 0.995. The van der Waals surface area contributed by atoms with Crippen molar-refractivity contribution >= 4 is 29.2 Å². The third-order valence-electron chi connectivity index (χ3n) is 2.95. The predicted molar refractivity (Wildman–Crippen MR) is 81.5 cm³/mol. The minimum atomic E-state index is -0.823. The Morgan fingerprint density at radius 1 is 1.13 bits per heavy atom. The highest BCUT2D eigenvalue weighted by Gasteiger charge is 2.12. The number of hydrogen-bond acceptors (Lipinski definition) is 3. The molecule has 120 valence electrons. The highest BCUT2D eigenvalue weighted by atomic mass is 35.5. The molecular weight excluding hydrogens is 328 g/mol. The second kappa shape index (κ2) is 7.19. The average molecular weight is 340 g/mol. The zero-order chi connectivity index (χ0) is 17.0. The minimum Gasteiger partial charge on any atom is -0.452 e. The van der Waals surface area contributed by atoms with Gasteiger partial charge in [0.1, 0.15) is 11.6 Å². The van der Waals surface area contributed by atoms with Crippen LogP contribution < -0.4 is 5.32 Å². The first kappa shape index (κ1) is 16.9. The zero-order valence-electron chi connectivity index (χ0n) is 12.0. The number of carbonyl (C=O) groups is 2. The fraction of sp³-hybridized carbons (Fsp3) is 0.125. The van der Waals surface area contributed by atoms with Crippen LogP contribution >= 0.6 is 11.6 Å². The molecule has 0 radical (unpaired) electrons. The molecule has 23 heavy (non-hydrogen) atoms. The third kappa shape index (κ3) is 4.50. The fourth-order valence-electron chi connectivity index (χ4n) is 1.71. The summed E-state index contributed by atoms with van der Waals surface area (Å²) in [5, 5.41) is 2.25. The monoisotopic (exact) mass is 339 g/mol. The van der Waals surface area contributed by atoms with Gasteiger partial charge in [-0.2, -0.15) is 0 Å². The van der Waals surface area contributed by atoms with Gasteiger partial charge in [0.05, 0.1) is 10.6 Å². The van der Waals surface area contributed by atoms with Gasteiger partial charge in [0.2, 0.25) is 0 Å². The third-order valence-corrected chi connectivity index (χ3v) is 3.23. The van der Waals surface area contributed by atoms with E-state index in [1.807, 2.05) is 0 Å². The molecule has 0 aliphatic carbocycles. The van der Waals surface area contributed by atoms with E-state index in [2.05, 4.69) is 5.32 Å². The first-order valence-electron chi connectivity index (χ1n) is 6.55. The Morgan fingerprint density at radius 3 is 2.52 bits per heavy atom. The highest BCUT2D eigenvalue weighted by Crippen LogP contribution is 2.19.